The number of hydrogen-bond donors (Lipinski definition) is 1. The zero-order valence-electron chi connectivity index (χ0n) is 8.12. The largest absolute Gasteiger partial charge is 0.368 e. The number of nitrogens with zero attached hydrogens (tertiary/aromatic N) is 2. The number of aryl methyl sites for hydroxylation is 1. The first kappa shape index (κ1) is 9.58. The minimum atomic E-state index is -1.03. The molecular formula is C9H13N3OS. The highest BCUT2D eigenvalue weighted by Crippen LogP contribution is 2.19. The van der Waals surface area contributed by atoms with E-state index >= 15 is 0 Å². The third kappa shape index (κ3) is 1.92. The molecule has 0 saturated heterocycles. The van der Waals surface area contributed by atoms with Gasteiger partial charge in [-0.1, -0.05) is 0 Å². The Morgan fingerprint density at radius 1 is 1.43 bits per heavy atom. The van der Waals surface area contributed by atoms with Crippen LogP contribution >= 0.6 is 0 Å². The van der Waals surface area contributed by atoms with Gasteiger partial charge in [0.2, 0.25) is 0 Å². The Labute approximate surface area is 85.6 Å². The summed E-state index contributed by atoms with van der Waals surface area (Å²) < 4.78 is 11.2. The summed E-state index contributed by atoms with van der Waals surface area (Å²) in [5.41, 5.74) is 1.14. The molecule has 0 amide bonds. The molecule has 0 bridgehead atoms. The van der Waals surface area contributed by atoms with Crippen molar-refractivity contribution in [1.29, 1.82) is 0 Å². The summed E-state index contributed by atoms with van der Waals surface area (Å²) in [4.78, 5) is 0. The molecule has 0 fully saturated rings. The molecule has 2 rings (SSSR count). The highest BCUT2D eigenvalue weighted by Gasteiger charge is 2.11. The molecule has 1 N–H and O–H groups in total. The maximum atomic E-state index is 11.2. The molecule has 1 atom stereocenters. The van der Waals surface area contributed by atoms with Gasteiger partial charge in [0.05, 0.1) is 10.8 Å². The second-order valence-corrected chi connectivity index (χ2v) is 4.72. The van der Waals surface area contributed by atoms with Crippen molar-refractivity contribution in [3.05, 3.63) is 11.6 Å². The fraction of sp³-hybridized carbons (Fsp3) is 0.556. The van der Waals surface area contributed by atoms with Gasteiger partial charge in [0, 0.05) is 12.8 Å². The van der Waals surface area contributed by atoms with Gasteiger partial charge in [0.15, 0.2) is 5.82 Å². The summed E-state index contributed by atoms with van der Waals surface area (Å²) in [6.45, 7) is 0.955. The van der Waals surface area contributed by atoms with Crippen molar-refractivity contribution in [1.82, 2.24) is 10.2 Å². The second kappa shape index (κ2) is 4.04. The van der Waals surface area contributed by atoms with E-state index in [1.165, 1.54) is 0 Å². The van der Waals surface area contributed by atoms with Crippen LogP contribution in [0.25, 0.3) is 0 Å². The van der Waals surface area contributed by atoms with Gasteiger partial charge >= 0.3 is 0 Å². The van der Waals surface area contributed by atoms with Crippen LogP contribution in [0.15, 0.2) is 11.1 Å². The monoisotopic (exact) mass is 211 g/mol. The Kier molecular flexibility index (Phi) is 2.77. The van der Waals surface area contributed by atoms with Gasteiger partial charge in [-0.2, -0.15) is 0 Å². The van der Waals surface area contributed by atoms with E-state index in [1.54, 1.807) is 6.26 Å². The summed E-state index contributed by atoms with van der Waals surface area (Å²) in [6, 6.07) is 1.90. The summed E-state index contributed by atoms with van der Waals surface area (Å²) in [6.07, 6.45) is 4.94. The first-order valence-corrected chi connectivity index (χ1v) is 6.27. The van der Waals surface area contributed by atoms with E-state index in [0.29, 0.717) is 5.03 Å². The molecule has 1 aromatic rings. The zero-order valence-corrected chi connectivity index (χ0v) is 8.93. The van der Waals surface area contributed by atoms with Crippen molar-refractivity contribution in [2.45, 2.75) is 24.3 Å². The third-order valence-electron chi connectivity index (χ3n) is 2.31. The Hall–Kier alpha value is -0.970. The zero-order chi connectivity index (χ0) is 9.97. The van der Waals surface area contributed by atoms with E-state index < -0.39 is 10.8 Å². The highest BCUT2D eigenvalue weighted by atomic mass is 32.2. The van der Waals surface area contributed by atoms with Crippen LogP contribution in [0, 0.1) is 0 Å². The molecule has 0 aliphatic carbocycles. The second-order valence-electron chi connectivity index (χ2n) is 3.39. The van der Waals surface area contributed by atoms with Crippen LogP contribution in [-0.4, -0.2) is 27.2 Å². The van der Waals surface area contributed by atoms with Gasteiger partial charge in [-0.05, 0) is 30.9 Å². The van der Waals surface area contributed by atoms with E-state index in [-0.39, 0.29) is 0 Å². The molecule has 5 heteroatoms. The van der Waals surface area contributed by atoms with E-state index in [9.17, 15) is 4.21 Å². The molecule has 1 aliphatic heterocycles. The van der Waals surface area contributed by atoms with Crippen LogP contribution < -0.4 is 5.32 Å². The molecule has 0 saturated carbocycles. The average molecular weight is 211 g/mol. The van der Waals surface area contributed by atoms with Gasteiger partial charge in [-0.15, -0.1) is 10.2 Å². The quantitative estimate of drug-likeness (QED) is 0.752. The van der Waals surface area contributed by atoms with Crippen molar-refractivity contribution in [3.63, 3.8) is 0 Å². The lowest BCUT2D eigenvalue weighted by atomic mass is 10.1. The smallest absolute Gasteiger partial charge is 0.151 e. The Balaban J connectivity index is 2.37. The molecule has 2 heterocycles. The molecule has 1 aliphatic rings. The summed E-state index contributed by atoms with van der Waals surface area (Å²) >= 11 is 0. The van der Waals surface area contributed by atoms with E-state index in [1.807, 2.05) is 6.07 Å². The lowest BCUT2D eigenvalue weighted by Crippen LogP contribution is -2.05. The third-order valence-corrected chi connectivity index (χ3v) is 3.10. The standard InChI is InChI=1S/C9H13N3OS/c1-14(13)8-6-7-4-2-3-5-10-9(7)12-11-8/h6H,2-5H2,1H3,(H,10,12). The average Bonchev–Trinajstić information content (AvgIpc) is 2.41. The Morgan fingerprint density at radius 2 is 2.29 bits per heavy atom. The molecule has 0 radical (unpaired) electrons. The van der Waals surface area contributed by atoms with Crippen LogP contribution in [-0.2, 0) is 17.2 Å². The van der Waals surface area contributed by atoms with Crippen LogP contribution in [0.1, 0.15) is 18.4 Å². The maximum absolute atomic E-state index is 11.2. The number of fused-ring (bicyclic) bond motifs is 1. The molecule has 0 aromatic carbocycles. The van der Waals surface area contributed by atoms with Crippen LogP contribution in [0.2, 0.25) is 0 Å². The number of hydrogen-bond acceptors (Lipinski definition) is 4. The minimum Gasteiger partial charge on any atom is -0.368 e. The van der Waals surface area contributed by atoms with Gasteiger partial charge in [-0.3, -0.25) is 4.21 Å². The Bertz CT molecular complexity index is 367. The van der Waals surface area contributed by atoms with Gasteiger partial charge in [0.1, 0.15) is 5.03 Å². The van der Waals surface area contributed by atoms with Gasteiger partial charge < -0.3 is 5.32 Å². The van der Waals surface area contributed by atoms with Crippen molar-refractivity contribution < 1.29 is 4.21 Å². The van der Waals surface area contributed by atoms with Crippen LogP contribution in [0.5, 0.6) is 0 Å². The molecular weight excluding hydrogens is 198 g/mol. The van der Waals surface area contributed by atoms with Crippen molar-refractivity contribution in [2.75, 3.05) is 18.1 Å². The normalized spacial score (nSPS) is 17.8. The number of rotatable bonds is 1. The first-order chi connectivity index (χ1) is 6.77. The van der Waals surface area contributed by atoms with E-state index in [2.05, 4.69) is 15.5 Å². The topological polar surface area (TPSA) is 54.9 Å². The molecule has 0 spiro atoms. The molecule has 4 nitrogen and oxygen atoms in total. The highest BCUT2D eigenvalue weighted by molar-refractivity contribution is 7.84. The lowest BCUT2D eigenvalue weighted by Gasteiger charge is -2.05. The van der Waals surface area contributed by atoms with E-state index in [0.717, 1.165) is 37.2 Å². The van der Waals surface area contributed by atoms with Gasteiger partial charge in [-0.25, -0.2) is 0 Å². The fourth-order valence-corrected chi connectivity index (χ4v) is 2.00. The molecule has 14 heavy (non-hydrogen) atoms. The van der Waals surface area contributed by atoms with Gasteiger partial charge in [0.25, 0.3) is 0 Å². The maximum Gasteiger partial charge on any atom is 0.151 e. The molecule has 1 unspecified atom stereocenters. The summed E-state index contributed by atoms with van der Waals surface area (Å²) in [5.74, 6) is 0.858. The van der Waals surface area contributed by atoms with E-state index in [4.69, 9.17) is 0 Å². The molecule has 1 aromatic heterocycles. The first-order valence-electron chi connectivity index (χ1n) is 4.71. The Morgan fingerprint density at radius 3 is 3.07 bits per heavy atom. The predicted molar refractivity (Wildman–Crippen MR) is 55.8 cm³/mol. The van der Waals surface area contributed by atoms with Crippen molar-refractivity contribution in [3.8, 4) is 0 Å². The summed E-state index contributed by atoms with van der Waals surface area (Å²) in [5, 5.41) is 11.8. The summed E-state index contributed by atoms with van der Waals surface area (Å²) in [7, 11) is -1.03. The SMILES string of the molecule is CS(=O)c1cc2c(nn1)NCCCC2. The van der Waals surface area contributed by atoms with Crippen molar-refractivity contribution in [2.24, 2.45) is 0 Å². The fourth-order valence-electron chi connectivity index (χ4n) is 1.54. The minimum absolute atomic E-state index is 0.576. The number of aromatic nitrogens is 2. The van der Waals surface area contributed by atoms with Crippen molar-refractivity contribution >= 4 is 16.6 Å². The molecule has 76 valence electrons. The van der Waals surface area contributed by atoms with Crippen LogP contribution in [0.4, 0.5) is 5.82 Å². The van der Waals surface area contributed by atoms with Crippen LogP contribution in [0.3, 0.4) is 0 Å². The lowest BCUT2D eigenvalue weighted by molar-refractivity contribution is 0.681. The number of nitrogens with one attached hydrogen (secondary N) is 1. The number of anilines is 1. The predicted octanol–water partition coefficient (Wildman–Crippen LogP) is 0.962.